The third kappa shape index (κ3) is 3.60. The summed E-state index contributed by atoms with van der Waals surface area (Å²) in [6.45, 7) is 0.0711. The maximum absolute atomic E-state index is 4.96. The van der Waals surface area contributed by atoms with Gasteiger partial charge in [-0.25, -0.2) is 4.98 Å². The molecule has 3 aromatic carbocycles. The lowest BCUT2D eigenvalue weighted by Gasteiger charge is -2.26. The Bertz CT molecular complexity index is 1870. The van der Waals surface area contributed by atoms with Crippen molar-refractivity contribution >= 4 is 80.2 Å². The SMILES string of the molecule is [B]1/C=C\C=C/Nc2ccccc2N1c1ccc2sc3cnc(N4B5C=CC=CN5c5ccccc54)cc3c2c1. The van der Waals surface area contributed by atoms with E-state index in [9.17, 15) is 0 Å². The molecule has 5 nitrogen and oxygen atoms in total. The number of aromatic nitrogens is 1. The van der Waals surface area contributed by atoms with Crippen molar-refractivity contribution in [2.45, 2.75) is 0 Å². The Labute approximate surface area is 232 Å². The van der Waals surface area contributed by atoms with Gasteiger partial charge in [0.2, 0.25) is 0 Å². The van der Waals surface area contributed by atoms with Gasteiger partial charge in [-0.05, 0) is 66.9 Å². The summed E-state index contributed by atoms with van der Waals surface area (Å²) < 4.78 is 2.44. The molecule has 0 aliphatic carbocycles. The third-order valence-electron chi connectivity index (χ3n) is 7.42. The minimum Gasteiger partial charge on any atom is -0.385 e. The zero-order chi connectivity index (χ0) is 25.8. The van der Waals surface area contributed by atoms with Crippen molar-refractivity contribution < 1.29 is 0 Å². The van der Waals surface area contributed by atoms with Gasteiger partial charge in [0.25, 0.3) is 7.41 Å². The molecule has 0 saturated heterocycles. The van der Waals surface area contributed by atoms with E-state index in [1.165, 1.54) is 31.5 Å². The lowest BCUT2D eigenvalue weighted by Crippen LogP contribution is -2.43. The third-order valence-corrected chi connectivity index (χ3v) is 8.54. The molecule has 1 radical (unpaired) electrons. The lowest BCUT2D eigenvalue weighted by atomic mass is 9.71. The van der Waals surface area contributed by atoms with Crippen LogP contribution in [-0.4, -0.2) is 19.4 Å². The summed E-state index contributed by atoms with van der Waals surface area (Å²) in [5.41, 5.74) is 5.63. The van der Waals surface area contributed by atoms with Crippen LogP contribution in [0.5, 0.6) is 0 Å². The molecule has 0 fully saturated rings. The van der Waals surface area contributed by atoms with Crippen LogP contribution in [0.25, 0.3) is 20.2 Å². The number of rotatable bonds is 2. The molecule has 183 valence electrons. The average molecular weight is 518 g/mol. The van der Waals surface area contributed by atoms with Gasteiger partial charge in [-0.2, -0.15) is 0 Å². The summed E-state index contributed by atoms with van der Waals surface area (Å²) in [5, 5.41) is 5.88. The fourth-order valence-corrected chi connectivity index (χ4v) is 6.69. The molecule has 0 amide bonds. The van der Waals surface area contributed by atoms with Crippen molar-refractivity contribution in [3.05, 3.63) is 128 Å². The fourth-order valence-electron chi connectivity index (χ4n) is 5.65. The normalized spacial score (nSPS) is 17.1. The van der Waals surface area contributed by atoms with Crippen LogP contribution in [0.1, 0.15) is 0 Å². The van der Waals surface area contributed by atoms with E-state index in [4.69, 9.17) is 4.98 Å². The molecule has 5 heterocycles. The lowest BCUT2D eigenvalue weighted by molar-refractivity contribution is 1.26. The van der Waals surface area contributed by atoms with Crippen LogP contribution in [0, 0.1) is 0 Å². The highest BCUT2D eigenvalue weighted by molar-refractivity contribution is 7.25. The van der Waals surface area contributed by atoms with Crippen LogP contribution >= 0.6 is 11.3 Å². The molecule has 39 heavy (non-hydrogen) atoms. The van der Waals surface area contributed by atoms with Crippen LogP contribution < -0.4 is 19.7 Å². The monoisotopic (exact) mass is 518 g/mol. The van der Waals surface area contributed by atoms with Crippen LogP contribution in [0.2, 0.25) is 0 Å². The van der Waals surface area contributed by atoms with E-state index in [0.29, 0.717) is 0 Å². The smallest absolute Gasteiger partial charge is 0.385 e. The zero-order valence-corrected chi connectivity index (χ0v) is 21.8. The standard InChI is InChI=1S/C31H22B2N5S/c1-2-10-26-25(9-1)34-17-7-5-15-32-37(26)22-13-14-29-23(19-22)24-20-31(35-21-30(24)39-29)38-28-12-4-3-11-27(28)36-18-8-6-16-33(36)38/h1-21,34H/b15-5-,17-7-. The summed E-state index contributed by atoms with van der Waals surface area (Å²) in [7, 11) is 2.12. The van der Waals surface area contributed by atoms with E-state index in [0.717, 1.165) is 22.9 Å². The first-order valence-corrected chi connectivity index (χ1v) is 13.8. The number of nitrogens with zero attached hydrogens (tertiary/aromatic N) is 4. The molecule has 0 unspecified atom stereocenters. The molecule has 1 N–H and O–H groups in total. The average Bonchev–Trinajstić information content (AvgIpc) is 3.54. The van der Waals surface area contributed by atoms with Crippen LogP contribution in [0.15, 0.2) is 128 Å². The quantitative estimate of drug-likeness (QED) is 0.242. The Morgan fingerprint density at radius 3 is 2.59 bits per heavy atom. The Morgan fingerprint density at radius 1 is 0.795 bits per heavy atom. The molecule has 0 bridgehead atoms. The minimum absolute atomic E-state index is 0.0711. The van der Waals surface area contributed by atoms with Gasteiger partial charge in [0, 0.05) is 33.6 Å². The van der Waals surface area contributed by atoms with Crippen molar-refractivity contribution in [2.75, 3.05) is 19.7 Å². The molecule has 8 heteroatoms. The molecule has 2 aromatic heterocycles. The predicted octanol–water partition coefficient (Wildman–Crippen LogP) is 7.73. The van der Waals surface area contributed by atoms with Gasteiger partial charge in [0.15, 0.2) is 0 Å². The second kappa shape index (κ2) is 8.96. The van der Waals surface area contributed by atoms with E-state index >= 15 is 0 Å². The number of hydrogen-bond donors (Lipinski definition) is 1. The number of fused-ring (bicyclic) bond motifs is 7. The number of nitrogens with one attached hydrogen (secondary N) is 1. The van der Waals surface area contributed by atoms with Gasteiger partial charge in [-0.1, -0.05) is 48.4 Å². The van der Waals surface area contributed by atoms with E-state index in [-0.39, 0.29) is 6.98 Å². The Hall–Kier alpha value is -4.68. The summed E-state index contributed by atoms with van der Waals surface area (Å²) in [4.78, 5) is 11.8. The van der Waals surface area contributed by atoms with Gasteiger partial charge in [0.05, 0.1) is 27.4 Å². The molecule has 3 aliphatic rings. The summed E-state index contributed by atoms with van der Waals surface area (Å²) in [5.74, 6) is 5.25. The number of para-hydroxylation sites is 4. The number of anilines is 6. The van der Waals surface area contributed by atoms with Crippen molar-refractivity contribution in [1.82, 2.24) is 4.98 Å². The van der Waals surface area contributed by atoms with Crippen molar-refractivity contribution in [2.24, 2.45) is 0 Å². The number of thiophene rings is 1. The van der Waals surface area contributed by atoms with E-state index in [1.54, 1.807) is 11.3 Å². The van der Waals surface area contributed by atoms with Gasteiger partial charge >= 0.3 is 6.98 Å². The maximum atomic E-state index is 4.96. The second-order valence-electron chi connectivity index (χ2n) is 9.65. The molecular weight excluding hydrogens is 496 g/mol. The van der Waals surface area contributed by atoms with Crippen molar-refractivity contribution in [1.29, 1.82) is 0 Å². The highest BCUT2D eigenvalue weighted by Crippen LogP contribution is 2.45. The van der Waals surface area contributed by atoms with Gasteiger partial charge in [-0.3, -0.25) is 0 Å². The van der Waals surface area contributed by atoms with Crippen LogP contribution in [0.3, 0.4) is 0 Å². The van der Waals surface area contributed by atoms with Crippen LogP contribution in [-0.2, 0) is 0 Å². The topological polar surface area (TPSA) is 34.6 Å². The van der Waals surface area contributed by atoms with E-state index < -0.39 is 0 Å². The number of pyridine rings is 1. The Kier molecular flexibility index (Phi) is 5.13. The number of allylic oxidation sites excluding steroid dienone is 4. The summed E-state index contributed by atoms with van der Waals surface area (Å²) >= 11 is 1.79. The Morgan fingerprint density at radius 2 is 1.64 bits per heavy atom. The largest absolute Gasteiger partial charge is 0.413 e. The highest BCUT2D eigenvalue weighted by atomic mass is 32.1. The van der Waals surface area contributed by atoms with Crippen LogP contribution in [0.4, 0.5) is 34.3 Å². The zero-order valence-electron chi connectivity index (χ0n) is 21.0. The van der Waals surface area contributed by atoms with E-state index in [1.807, 2.05) is 24.5 Å². The fraction of sp³-hybridized carbons (Fsp3) is 0. The number of hydrogen-bond acceptors (Lipinski definition) is 6. The first kappa shape index (κ1) is 22.3. The molecule has 8 rings (SSSR count). The summed E-state index contributed by atoms with van der Waals surface area (Å²) in [6.07, 6.45) is 14.4. The first-order valence-electron chi connectivity index (χ1n) is 13.0. The molecule has 3 aliphatic heterocycles. The second-order valence-corrected chi connectivity index (χ2v) is 10.7. The summed E-state index contributed by atoms with van der Waals surface area (Å²) in [6, 6.07) is 25.9. The molecule has 5 aromatic rings. The van der Waals surface area contributed by atoms with Gasteiger partial charge in [-0.15, -0.1) is 11.3 Å². The van der Waals surface area contributed by atoms with Gasteiger partial charge in [0.1, 0.15) is 5.82 Å². The highest BCUT2D eigenvalue weighted by Gasteiger charge is 2.40. The van der Waals surface area contributed by atoms with E-state index in [2.05, 4.69) is 130 Å². The molecule has 0 saturated carbocycles. The minimum atomic E-state index is 0.0711. The molecule has 0 atom stereocenters. The number of benzene rings is 3. The Balaban J connectivity index is 1.26. The van der Waals surface area contributed by atoms with Crippen molar-refractivity contribution in [3.63, 3.8) is 0 Å². The molecule has 0 spiro atoms. The van der Waals surface area contributed by atoms with Crippen molar-refractivity contribution in [3.8, 4) is 0 Å². The maximum Gasteiger partial charge on any atom is 0.413 e. The molecular formula is C31H22B2N5S. The predicted molar refractivity (Wildman–Crippen MR) is 168 cm³/mol. The first-order chi connectivity index (χ1) is 19.3. The van der Waals surface area contributed by atoms with Gasteiger partial charge < -0.3 is 19.7 Å².